The van der Waals surface area contributed by atoms with Gasteiger partial charge < -0.3 is 19.5 Å². The van der Waals surface area contributed by atoms with Crippen LogP contribution in [0, 0.1) is 0 Å². The lowest BCUT2D eigenvalue weighted by Crippen LogP contribution is -2.69. The second kappa shape index (κ2) is 4.22. The molecule has 3 fully saturated rings. The highest BCUT2D eigenvalue weighted by Gasteiger charge is 2.59. The highest BCUT2D eigenvalue weighted by Crippen LogP contribution is 2.46. The third-order valence-corrected chi connectivity index (χ3v) is 4.98. The fraction of sp³-hybridized carbons (Fsp3) is 0.643. The third-order valence-electron chi connectivity index (χ3n) is 4.98. The van der Waals surface area contributed by atoms with Crippen LogP contribution in [-0.2, 0) is 14.3 Å². The van der Waals surface area contributed by atoms with E-state index in [1.807, 2.05) is 11.1 Å². The summed E-state index contributed by atoms with van der Waals surface area (Å²) in [7, 11) is 3.38. The van der Waals surface area contributed by atoms with Crippen molar-refractivity contribution in [1.29, 1.82) is 0 Å². The van der Waals surface area contributed by atoms with Crippen LogP contribution in [0.5, 0.6) is 0 Å². The van der Waals surface area contributed by atoms with Crippen LogP contribution in [0.1, 0.15) is 12.8 Å². The highest BCUT2D eigenvalue weighted by atomic mass is 16.5. The Morgan fingerprint density at radius 2 is 2.33 bits per heavy atom. The topological polar surface area (TPSA) is 65.5 Å². The van der Waals surface area contributed by atoms with E-state index in [9.17, 15) is 9.90 Å². The van der Waals surface area contributed by atoms with Crippen LogP contribution in [-0.4, -0.2) is 71.6 Å². The van der Waals surface area contributed by atoms with E-state index in [-0.39, 0.29) is 5.91 Å². The summed E-state index contributed by atoms with van der Waals surface area (Å²) in [5.41, 5.74) is 0.790. The van der Waals surface area contributed by atoms with E-state index in [1.54, 1.807) is 19.1 Å². The number of allylic oxidation sites excluding steroid dienone is 1. The van der Waals surface area contributed by atoms with Crippen molar-refractivity contribution in [2.75, 3.05) is 33.9 Å². The van der Waals surface area contributed by atoms with Gasteiger partial charge in [-0.05, 0) is 0 Å². The summed E-state index contributed by atoms with van der Waals surface area (Å²) in [6, 6.07) is 0. The molecule has 114 valence electrons. The maximum absolute atomic E-state index is 12.9. The minimum Gasteiger partial charge on any atom is -0.498 e. The zero-order valence-electron chi connectivity index (χ0n) is 12.2. The van der Waals surface area contributed by atoms with Crippen LogP contribution >= 0.6 is 0 Å². The van der Waals surface area contributed by atoms with Gasteiger partial charge in [-0.15, -0.1) is 0 Å². The van der Waals surface area contributed by atoms with Crippen LogP contribution < -0.4 is 0 Å². The molecule has 7 nitrogen and oxygen atoms in total. The molecule has 4 aliphatic rings. The molecule has 0 aromatic heterocycles. The number of hydrogen-bond acceptors (Lipinski definition) is 6. The summed E-state index contributed by atoms with van der Waals surface area (Å²) in [4.78, 5) is 14.6. The van der Waals surface area contributed by atoms with Gasteiger partial charge in [0.1, 0.15) is 17.5 Å². The maximum atomic E-state index is 12.9. The predicted octanol–water partition coefficient (Wildman–Crippen LogP) is -0.386. The predicted molar refractivity (Wildman–Crippen MR) is 72.2 cm³/mol. The number of aliphatic hydroxyl groups excluding tert-OH is 1. The smallest absolute Gasteiger partial charge is 0.276 e. The largest absolute Gasteiger partial charge is 0.498 e. The van der Waals surface area contributed by atoms with Gasteiger partial charge in [0.05, 0.1) is 32.6 Å². The molecule has 0 aromatic rings. The van der Waals surface area contributed by atoms with Crippen molar-refractivity contribution in [2.24, 2.45) is 0 Å². The van der Waals surface area contributed by atoms with Gasteiger partial charge in [-0.25, -0.2) is 0 Å². The molecule has 4 heterocycles. The van der Waals surface area contributed by atoms with Crippen molar-refractivity contribution >= 4 is 5.91 Å². The number of amides is 1. The Balaban J connectivity index is 1.88. The van der Waals surface area contributed by atoms with Crippen LogP contribution in [0.2, 0.25) is 0 Å². The molecular formula is C14H19N3O4. The van der Waals surface area contributed by atoms with Crippen LogP contribution in [0.3, 0.4) is 0 Å². The van der Waals surface area contributed by atoms with Gasteiger partial charge in [0, 0.05) is 19.9 Å². The quantitative estimate of drug-likeness (QED) is 0.710. The standard InChI is InChI=1S/C14H19N3O4/c1-15-13(19)12-11(20-2)4-3-9-10(18)7-16(17(9)12)14(15)5-6-21-8-14/h3,10,18H,4-8H2,1-2H3. The highest BCUT2D eigenvalue weighted by molar-refractivity contribution is 5.95. The summed E-state index contributed by atoms with van der Waals surface area (Å²) < 4.78 is 11.0. The minimum atomic E-state index is -0.588. The van der Waals surface area contributed by atoms with E-state index in [4.69, 9.17) is 9.47 Å². The number of carbonyl (C=O) groups is 1. The molecule has 21 heavy (non-hydrogen) atoms. The number of aliphatic hydroxyl groups is 1. The fourth-order valence-electron chi connectivity index (χ4n) is 3.78. The van der Waals surface area contributed by atoms with Gasteiger partial charge in [0.25, 0.3) is 5.91 Å². The zero-order chi connectivity index (χ0) is 14.8. The van der Waals surface area contributed by atoms with Crippen molar-refractivity contribution in [1.82, 2.24) is 14.9 Å². The molecule has 0 bridgehead atoms. The lowest BCUT2D eigenvalue weighted by molar-refractivity contribution is -0.179. The molecule has 1 spiro atoms. The summed E-state index contributed by atoms with van der Waals surface area (Å²) in [6.45, 7) is 1.54. The number of carbonyl (C=O) groups excluding carboxylic acids is 1. The SMILES string of the molecule is COC1=C2C(=O)N(C)C3(CCOC3)N3CC(O)C(=CC1)N23. The summed E-state index contributed by atoms with van der Waals surface area (Å²) >= 11 is 0. The number of methoxy groups -OCH3 is 1. The number of nitrogens with zero attached hydrogens (tertiary/aromatic N) is 3. The Kier molecular flexibility index (Phi) is 2.64. The molecule has 0 saturated carbocycles. The molecule has 1 amide bonds. The molecule has 0 radical (unpaired) electrons. The first-order chi connectivity index (χ1) is 10.1. The molecule has 4 rings (SSSR count). The van der Waals surface area contributed by atoms with Gasteiger partial charge >= 0.3 is 0 Å². The first-order valence-electron chi connectivity index (χ1n) is 7.19. The fourth-order valence-corrected chi connectivity index (χ4v) is 3.78. The van der Waals surface area contributed by atoms with E-state index < -0.39 is 11.8 Å². The summed E-state index contributed by atoms with van der Waals surface area (Å²) in [5, 5.41) is 14.3. The van der Waals surface area contributed by atoms with Gasteiger partial charge in [0.15, 0.2) is 5.70 Å². The molecule has 2 unspecified atom stereocenters. The normalized spacial score (nSPS) is 35.7. The average molecular weight is 293 g/mol. The molecule has 0 aliphatic carbocycles. The van der Waals surface area contributed by atoms with Gasteiger partial charge in [-0.3, -0.25) is 9.80 Å². The number of rotatable bonds is 1. The minimum absolute atomic E-state index is 0.0756. The van der Waals surface area contributed by atoms with Crippen LogP contribution in [0.25, 0.3) is 0 Å². The van der Waals surface area contributed by atoms with E-state index in [0.717, 1.165) is 12.1 Å². The van der Waals surface area contributed by atoms with E-state index in [1.165, 1.54) is 0 Å². The van der Waals surface area contributed by atoms with Gasteiger partial charge in [-0.1, -0.05) is 6.08 Å². The van der Waals surface area contributed by atoms with Crippen molar-refractivity contribution in [3.05, 3.63) is 23.2 Å². The van der Waals surface area contributed by atoms with E-state index in [2.05, 4.69) is 5.01 Å². The molecule has 4 aliphatic heterocycles. The maximum Gasteiger partial charge on any atom is 0.276 e. The monoisotopic (exact) mass is 293 g/mol. The van der Waals surface area contributed by atoms with Crippen LogP contribution in [0.4, 0.5) is 0 Å². The molecular weight excluding hydrogens is 274 g/mol. The van der Waals surface area contributed by atoms with Crippen molar-refractivity contribution < 1.29 is 19.4 Å². The Morgan fingerprint density at radius 1 is 1.52 bits per heavy atom. The Hall–Kier alpha value is -1.57. The number of hydrazine groups is 1. The van der Waals surface area contributed by atoms with E-state index in [0.29, 0.717) is 37.6 Å². The average Bonchev–Trinajstić information content (AvgIpc) is 3.10. The number of ether oxygens (including phenoxy) is 2. The Bertz CT molecular complexity index is 565. The number of fused-ring (bicyclic) bond motifs is 1. The van der Waals surface area contributed by atoms with Crippen molar-refractivity contribution in [3.63, 3.8) is 0 Å². The number of hydrogen-bond donors (Lipinski definition) is 1. The first kappa shape index (κ1) is 13.1. The molecule has 2 atom stereocenters. The lowest BCUT2D eigenvalue weighted by atomic mass is 10.0. The third kappa shape index (κ3) is 1.46. The second-order valence-electron chi connectivity index (χ2n) is 5.87. The molecule has 3 saturated heterocycles. The van der Waals surface area contributed by atoms with Gasteiger partial charge in [-0.2, -0.15) is 5.01 Å². The molecule has 1 N–H and O–H groups in total. The van der Waals surface area contributed by atoms with E-state index >= 15 is 0 Å². The van der Waals surface area contributed by atoms with Crippen LogP contribution in [0.15, 0.2) is 23.2 Å². The Labute approximate surface area is 123 Å². The second-order valence-corrected chi connectivity index (χ2v) is 5.87. The van der Waals surface area contributed by atoms with Gasteiger partial charge in [0.2, 0.25) is 0 Å². The van der Waals surface area contributed by atoms with Crippen molar-refractivity contribution in [2.45, 2.75) is 24.6 Å². The molecule has 0 aromatic carbocycles. The summed E-state index contributed by atoms with van der Waals surface area (Å²) in [6.07, 6.45) is 2.62. The first-order valence-corrected chi connectivity index (χ1v) is 7.19. The Morgan fingerprint density at radius 3 is 3.00 bits per heavy atom. The zero-order valence-corrected chi connectivity index (χ0v) is 12.2. The lowest BCUT2D eigenvalue weighted by Gasteiger charge is -2.53. The molecule has 7 heteroatoms. The van der Waals surface area contributed by atoms with Crippen molar-refractivity contribution in [3.8, 4) is 0 Å². The number of likely N-dealkylation sites (N-methyl/N-ethyl adjacent to an activating group) is 1. The summed E-state index contributed by atoms with van der Waals surface area (Å²) in [5.74, 6) is 0.566.